The first-order valence-corrected chi connectivity index (χ1v) is 5.89. The highest BCUT2D eigenvalue weighted by Gasteiger charge is 2.07. The van der Waals surface area contributed by atoms with Crippen molar-refractivity contribution in [3.8, 4) is 16.9 Å². The van der Waals surface area contributed by atoms with Crippen LogP contribution < -0.4 is 4.74 Å². The molecule has 0 radical (unpaired) electrons. The molecule has 2 aromatic carbocycles. The van der Waals surface area contributed by atoms with Crippen LogP contribution >= 0.6 is 0 Å². The standard InChI is InChI=1S/C16H14O3/c1-11-7-12(9-17)3-5-15(11)13-4-6-16(19-2)14(8-13)10-18/h3-10H,1-2H3. The van der Waals surface area contributed by atoms with Gasteiger partial charge in [0.15, 0.2) is 6.29 Å². The van der Waals surface area contributed by atoms with E-state index in [0.29, 0.717) is 16.9 Å². The van der Waals surface area contributed by atoms with Gasteiger partial charge in [-0.1, -0.05) is 18.2 Å². The second kappa shape index (κ2) is 5.48. The van der Waals surface area contributed by atoms with Crippen molar-refractivity contribution in [2.45, 2.75) is 6.92 Å². The second-order valence-electron chi connectivity index (χ2n) is 4.27. The quantitative estimate of drug-likeness (QED) is 0.786. The van der Waals surface area contributed by atoms with E-state index in [-0.39, 0.29) is 0 Å². The first-order chi connectivity index (χ1) is 9.19. The van der Waals surface area contributed by atoms with E-state index in [2.05, 4.69) is 0 Å². The highest BCUT2D eigenvalue weighted by molar-refractivity contribution is 5.84. The van der Waals surface area contributed by atoms with Gasteiger partial charge in [-0.3, -0.25) is 9.59 Å². The number of carbonyl (C=O) groups is 2. The van der Waals surface area contributed by atoms with Crippen LogP contribution in [-0.4, -0.2) is 19.7 Å². The van der Waals surface area contributed by atoms with Gasteiger partial charge in [0.25, 0.3) is 0 Å². The van der Waals surface area contributed by atoms with Crippen LogP contribution in [-0.2, 0) is 0 Å². The maximum Gasteiger partial charge on any atom is 0.153 e. The molecular weight excluding hydrogens is 240 g/mol. The van der Waals surface area contributed by atoms with Crippen LogP contribution in [0.5, 0.6) is 5.75 Å². The average molecular weight is 254 g/mol. The zero-order chi connectivity index (χ0) is 13.8. The van der Waals surface area contributed by atoms with Crippen molar-refractivity contribution < 1.29 is 14.3 Å². The molecule has 0 atom stereocenters. The lowest BCUT2D eigenvalue weighted by molar-refractivity contribution is 0.111. The summed E-state index contributed by atoms with van der Waals surface area (Å²) < 4.78 is 5.12. The smallest absolute Gasteiger partial charge is 0.153 e. The Morgan fingerprint density at radius 3 is 2.37 bits per heavy atom. The summed E-state index contributed by atoms with van der Waals surface area (Å²) in [6.07, 6.45) is 1.60. The Kier molecular flexibility index (Phi) is 3.76. The summed E-state index contributed by atoms with van der Waals surface area (Å²) in [4.78, 5) is 21.8. The number of hydrogen-bond donors (Lipinski definition) is 0. The zero-order valence-corrected chi connectivity index (χ0v) is 10.8. The van der Waals surface area contributed by atoms with Crippen molar-refractivity contribution >= 4 is 12.6 Å². The molecule has 2 aromatic rings. The lowest BCUT2D eigenvalue weighted by Gasteiger charge is -2.09. The molecule has 0 unspecified atom stereocenters. The molecular formula is C16H14O3. The molecule has 2 rings (SSSR count). The van der Waals surface area contributed by atoms with Gasteiger partial charge in [0, 0.05) is 5.56 Å². The van der Waals surface area contributed by atoms with Crippen molar-refractivity contribution in [2.24, 2.45) is 0 Å². The van der Waals surface area contributed by atoms with Crippen LogP contribution in [0.25, 0.3) is 11.1 Å². The fourth-order valence-electron chi connectivity index (χ4n) is 2.08. The molecule has 0 heterocycles. The molecule has 0 fully saturated rings. The zero-order valence-electron chi connectivity index (χ0n) is 10.8. The lowest BCUT2D eigenvalue weighted by atomic mass is 9.97. The number of ether oxygens (including phenoxy) is 1. The van der Waals surface area contributed by atoms with Crippen molar-refractivity contribution in [1.82, 2.24) is 0 Å². The summed E-state index contributed by atoms with van der Waals surface area (Å²) in [5.74, 6) is 0.556. The van der Waals surface area contributed by atoms with Crippen LogP contribution in [0.2, 0.25) is 0 Å². The van der Waals surface area contributed by atoms with Gasteiger partial charge >= 0.3 is 0 Å². The minimum atomic E-state index is 0.513. The molecule has 3 nitrogen and oxygen atoms in total. The summed E-state index contributed by atoms with van der Waals surface area (Å²) in [5, 5.41) is 0. The molecule has 0 aromatic heterocycles. The summed E-state index contributed by atoms with van der Waals surface area (Å²) in [5.41, 5.74) is 4.07. The Morgan fingerprint density at radius 1 is 1.00 bits per heavy atom. The van der Waals surface area contributed by atoms with Gasteiger partial charge < -0.3 is 4.74 Å². The summed E-state index contributed by atoms with van der Waals surface area (Å²) in [7, 11) is 1.53. The highest BCUT2D eigenvalue weighted by atomic mass is 16.5. The minimum absolute atomic E-state index is 0.513. The predicted octanol–water partition coefficient (Wildman–Crippen LogP) is 3.30. The number of aldehydes is 2. The molecule has 19 heavy (non-hydrogen) atoms. The molecule has 0 N–H and O–H groups in total. The number of benzene rings is 2. The Bertz CT molecular complexity index is 630. The molecule has 0 aliphatic rings. The van der Waals surface area contributed by atoms with E-state index < -0.39 is 0 Å². The average Bonchev–Trinajstić information content (AvgIpc) is 2.46. The van der Waals surface area contributed by atoms with Crippen LogP contribution in [0, 0.1) is 6.92 Å². The Morgan fingerprint density at radius 2 is 1.79 bits per heavy atom. The second-order valence-corrected chi connectivity index (χ2v) is 4.27. The molecule has 0 aliphatic heterocycles. The van der Waals surface area contributed by atoms with E-state index in [1.165, 1.54) is 7.11 Å². The molecule has 0 saturated heterocycles. The maximum absolute atomic E-state index is 11.0. The Hall–Kier alpha value is -2.42. The maximum atomic E-state index is 11.0. The third-order valence-electron chi connectivity index (χ3n) is 3.05. The first kappa shape index (κ1) is 13.0. The van der Waals surface area contributed by atoms with Crippen LogP contribution in [0.4, 0.5) is 0 Å². The molecule has 0 saturated carbocycles. The van der Waals surface area contributed by atoms with E-state index in [1.54, 1.807) is 18.2 Å². The predicted molar refractivity (Wildman–Crippen MR) is 73.9 cm³/mol. The van der Waals surface area contributed by atoms with Gasteiger partial charge in [-0.05, 0) is 41.8 Å². The number of rotatable bonds is 4. The van der Waals surface area contributed by atoms with E-state index >= 15 is 0 Å². The third kappa shape index (κ3) is 2.55. The highest BCUT2D eigenvalue weighted by Crippen LogP contribution is 2.28. The van der Waals surface area contributed by atoms with E-state index in [4.69, 9.17) is 4.74 Å². The number of hydrogen-bond acceptors (Lipinski definition) is 3. The monoisotopic (exact) mass is 254 g/mol. The molecule has 96 valence electrons. The Balaban J connectivity index is 2.53. The summed E-state index contributed by atoms with van der Waals surface area (Å²) in [6.45, 7) is 1.94. The largest absolute Gasteiger partial charge is 0.496 e. The molecule has 0 amide bonds. The fraction of sp³-hybridized carbons (Fsp3) is 0.125. The van der Waals surface area contributed by atoms with Crippen LogP contribution in [0.3, 0.4) is 0 Å². The number of aryl methyl sites for hydroxylation is 1. The minimum Gasteiger partial charge on any atom is -0.496 e. The molecule has 0 bridgehead atoms. The molecule has 3 heteroatoms. The van der Waals surface area contributed by atoms with Crippen molar-refractivity contribution in [3.63, 3.8) is 0 Å². The van der Waals surface area contributed by atoms with Gasteiger partial charge in [-0.2, -0.15) is 0 Å². The Labute approximate surface area is 111 Å². The van der Waals surface area contributed by atoms with Gasteiger partial charge in [-0.25, -0.2) is 0 Å². The lowest BCUT2D eigenvalue weighted by Crippen LogP contribution is -1.92. The number of carbonyl (C=O) groups excluding carboxylic acids is 2. The van der Waals surface area contributed by atoms with E-state index in [1.807, 2.05) is 25.1 Å². The van der Waals surface area contributed by atoms with Crippen LogP contribution in [0.1, 0.15) is 26.3 Å². The van der Waals surface area contributed by atoms with E-state index in [9.17, 15) is 9.59 Å². The SMILES string of the molecule is COc1ccc(-c2ccc(C=O)cc2C)cc1C=O. The van der Waals surface area contributed by atoms with Gasteiger partial charge in [0.2, 0.25) is 0 Å². The van der Waals surface area contributed by atoms with Crippen molar-refractivity contribution in [2.75, 3.05) is 7.11 Å². The van der Waals surface area contributed by atoms with E-state index in [0.717, 1.165) is 29.3 Å². The topological polar surface area (TPSA) is 43.4 Å². The van der Waals surface area contributed by atoms with Crippen molar-refractivity contribution in [1.29, 1.82) is 0 Å². The molecule has 0 aliphatic carbocycles. The first-order valence-electron chi connectivity index (χ1n) is 5.89. The van der Waals surface area contributed by atoms with Gasteiger partial charge in [-0.15, -0.1) is 0 Å². The molecule has 0 spiro atoms. The number of methoxy groups -OCH3 is 1. The summed E-state index contributed by atoms with van der Waals surface area (Å²) >= 11 is 0. The van der Waals surface area contributed by atoms with Crippen LogP contribution in [0.15, 0.2) is 36.4 Å². The van der Waals surface area contributed by atoms with Gasteiger partial charge in [0.05, 0.1) is 12.7 Å². The normalized spacial score (nSPS) is 10.0. The summed E-state index contributed by atoms with van der Waals surface area (Å²) in [6, 6.07) is 10.9. The third-order valence-corrected chi connectivity index (χ3v) is 3.05. The van der Waals surface area contributed by atoms with Gasteiger partial charge in [0.1, 0.15) is 12.0 Å². The fourth-order valence-corrected chi connectivity index (χ4v) is 2.08. The van der Waals surface area contributed by atoms with Crippen molar-refractivity contribution in [3.05, 3.63) is 53.1 Å².